The van der Waals surface area contributed by atoms with Crippen LogP contribution in [0, 0.1) is 17.8 Å². The number of aromatic nitrogens is 3. The normalized spacial score (nSPS) is 23.0. The van der Waals surface area contributed by atoms with E-state index < -0.39 is 0 Å². The highest BCUT2D eigenvalue weighted by atomic mass is 32.2. The number of nitrogens with zero attached hydrogens (tertiary/aromatic N) is 3. The van der Waals surface area contributed by atoms with Gasteiger partial charge in [-0.2, -0.15) is 15.0 Å². The summed E-state index contributed by atoms with van der Waals surface area (Å²) in [4.78, 5) is 25.3. The molecule has 1 aromatic carbocycles. The van der Waals surface area contributed by atoms with Gasteiger partial charge >= 0.3 is 0 Å². The van der Waals surface area contributed by atoms with E-state index in [4.69, 9.17) is 5.73 Å². The molecule has 1 heterocycles. The first-order chi connectivity index (χ1) is 15.0. The number of fused-ring (bicyclic) bond motifs is 2. The van der Waals surface area contributed by atoms with E-state index in [2.05, 4.69) is 45.5 Å². The van der Waals surface area contributed by atoms with Gasteiger partial charge in [-0.25, -0.2) is 0 Å². The van der Waals surface area contributed by atoms with Crippen LogP contribution in [0.3, 0.4) is 0 Å². The number of thioether (sulfide) groups is 1. The summed E-state index contributed by atoms with van der Waals surface area (Å²) < 4.78 is 0. The molecule has 2 bridgehead atoms. The summed E-state index contributed by atoms with van der Waals surface area (Å²) in [6.07, 6.45) is 6.26. The maximum absolute atomic E-state index is 12.4. The fourth-order valence-electron chi connectivity index (χ4n) is 5.17. The van der Waals surface area contributed by atoms with Crippen molar-refractivity contribution in [2.24, 2.45) is 17.8 Å². The van der Waals surface area contributed by atoms with Gasteiger partial charge in [-0.1, -0.05) is 31.5 Å². The lowest BCUT2D eigenvalue weighted by molar-refractivity contribution is -0.119. The first-order valence-electron chi connectivity index (χ1n) is 11.2. The first kappa shape index (κ1) is 21.9. The summed E-state index contributed by atoms with van der Waals surface area (Å²) in [6.45, 7) is 4.26. The Bertz CT molecular complexity index is 923. The summed E-state index contributed by atoms with van der Waals surface area (Å²) in [5.74, 6) is 4.51. The molecule has 7 nitrogen and oxygen atoms in total. The summed E-state index contributed by atoms with van der Waals surface area (Å²) in [5.41, 5.74) is 8.03. The van der Waals surface area contributed by atoms with E-state index in [1.807, 2.05) is 18.2 Å². The van der Waals surface area contributed by atoms with Crippen LogP contribution >= 0.6 is 11.8 Å². The van der Waals surface area contributed by atoms with E-state index in [9.17, 15) is 4.79 Å². The van der Waals surface area contributed by atoms with Crippen LogP contribution in [0.5, 0.6) is 0 Å². The van der Waals surface area contributed by atoms with Gasteiger partial charge in [-0.15, -0.1) is 11.8 Å². The van der Waals surface area contributed by atoms with Crippen molar-refractivity contribution in [3.63, 3.8) is 0 Å². The standard InChI is InChI=1S/C23H32N6OS/c1-3-16-6-4-5-7-19(16)26-23-28-20(27-22(24)29-23)12-31-13-21(30)25-14(2)18-11-15-8-9-17(18)10-15/h4-7,14-15,17-18H,3,8-13H2,1-2H3,(H,25,30)(H3,24,26,27,28,29). The lowest BCUT2D eigenvalue weighted by atomic mass is 9.84. The van der Waals surface area contributed by atoms with Gasteiger partial charge < -0.3 is 16.4 Å². The third kappa shape index (κ3) is 5.47. The van der Waals surface area contributed by atoms with Crippen LogP contribution in [-0.4, -0.2) is 32.7 Å². The van der Waals surface area contributed by atoms with Gasteiger partial charge in [0.25, 0.3) is 0 Å². The fourth-order valence-corrected chi connectivity index (χ4v) is 5.86. The van der Waals surface area contributed by atoms with Gasteiger partial charge in [0.15, 0.2) is 0 Å². The maximum atomic E-state index is 12.4. The zero-order valence-corrected chi connectivity index (χ0v) is 19.1. The Hall–Kier alpha value is -2.35. The molecular weight excluding hydrogens is 408 g/mol. The van der Waals surface area contributed by atoms with E-state index in [-0.39, 0.29) is 17.9 Å². The lowest BCUT2D eigenvalue weighted by Crippen LogP contribution is -2.40. The van der Waals surface area contributed by atoms with Crippen LogP contribution in [0.15, 0.2) is 24.3 Å². The van der Waals surface area contributed by atoms with E-state index in [0.29, 0.717) is 29.2 Å². The van der Waals surface area contributed by atoms with Gasteiger partial charge in [0.2, 0.25) is 17.8 Å². The average molecular weight is 441 g/mol. The van der Waals surface area contributed by atoms with Crippen LogP contribution in [0.25, 0.3) is 0 Å². The minimum absolute atomic E-state index is 0.0810. The summed E-state index contributed by atoms with van der Waals surface area (Å²) in [7, 11) is 0. The Morgan fingerprint density at radius 3 is 2.81 bits per heavy atom. The molecule has 4 unspecified atom stereocenters. The second-order valence-electron chi connectivity index (χ2n) is 8.76. The molecule has 2 fully saturated rings. The number of rotatable bonds is 9. The van der Waals surface area contributed by atoms with Crippen LogP contribution in [0.2, 0.25) is 0 Å². The minimum Gasteiger partial charge on any atom is -0.368 e. The van der Waals surface area contributed by atoms with Crippen molar-refractivity contribution < 1.29 is 4.79 Å². The molecule has 2 saturated carbocycles. The Labute approximate surface area is 188 Å². The Kier molecular flexibility index (Phi) is 6.95. The van der Waals surface area contributed by atoms with Crippen molar-refractivity contribution in [2.45, 2.75) is 57.7 Å². The second-order valence-corrected chi connectivity index (χ2v) is 9.74. The highest BCUT2D eigenvalue weighted by Gasteiger charge is 2.42. The number of carbonyl (C=O) groups excluding carboxylic acids is 1. The first-order valence-corrected chi connectivity index (χ1v) is 12.4. The van der Waals surface area contributed by atoms with E-state index in [1.54, 1.807) is 0 Å². The topological polar surface area (TPSA) is 106 Å². The third-order valence-electron chi connectivity index (χ3n) is 6.63. The quantitative estimate of drug-likeness (QED) is 0.542. The summed E-state index contributed by atoms with van der Waals surface area (Å²) in [5, 5.41) is 6.45. The molecule has 0 spiro atoms. The number of nitrogens with two attached hydrogens (primary N) is 1. The molecule has 4 rings (SSSR count). The number of hydrogen-bond acceptors (Lipinski definition) is 7. The Balaban J connectivity index is 1.28. The SMILES string of the molecule is CCc1ccccc1Nc1nc(N)nc(CSCC(=O)NC(C)C2CC3CCC2C3)n1. The molecule has 166 valence electrons. The monoisotopic (exact) mass is 440 g/mol. The van der Waals surface area contributed by atoms with Gasteiger partial charge in [-0.05, 0) is 62.0 Å². The molecule has 2 aliphatic carbocycles. The van der Waals surface area contributed by atoms with E-state index in [1.165, 1.54) is 43.0 Å². The highest BCUT2D eigenvalue weighted by Crippen LogP contribution is 2.49. The van der Waals surface area contributed by atoms with Crippen LogP contribution < -0.4 is 16.4 Å². The Morgan fingerprint density at radius 1 is 1.23 bits per heavy atom. The van der Waals surface area contributed by atoms with Gasteiger partial charge in [0.05, 0.1) is 11.5 Å². The molecule has 1 aromatic heterocycles. The van der Waals surface area contributed by atoms with Crippen molar-refractivity contribution in [3.05, 3.63) is 35.7 Å². The van der Waals surface area contributed by atoms with Gasteiger partial charge in [0, 0.05) is 11.7 Å². The largest absolute Gasteiger partial charge is 0.368 e. The molecule has 0 radical (unpaired) electrons. The van der Waals surface area contributed by atoms with Crippen LogP contribution in [-0.2, 0) is 17.0 Å². The minimum atomic E-state index is 0.0810. The zero-order chi connectivity index (χ0) is 21.8. The number of nitrogens with one attached hydrogen (secondary N) is 2. The molecule has 0 aliphatic heterocycles. The highest BCUT2D eigenvalue weighted by molar-refractivity contribution is 7.99. The van der Waals surface area contributed by atoms with Crippen LogP contribution in [0.4, 0.5) is 17.6 Å². The molecule has 1 amide bonds. The van der Waals surface area contributed by atoms with Gasteiger partial charge in [-0.3, -0.25) is 4.79 Å². The smallest absolute Gasteiger partial charge is 0.232 e. The van der Waals surface area contributed by atoms with Gasteiger partial charge in [0.1, 0.15) is 5.82 Å². The molecule has 8 heteroatoms. The van der Waals surface area contributed by atoms with Crippen molar-refractivity contribution >= 4 is 35.3 Å². The maximum Gasteiger partial charge on any atom is 0.232 e. The number of aryl methyl sites for hydroxylation is 1. The summed E-state index contributed by atoms with van der Waals surface area (Å²) >= 11 is 1.50. The number of amides is 1. The fraction of sp³-hybridized carbons (Fsp3) is 0.565. The predicted molar refractivity (Wildman–Crippen MR) is 126 cm³/mol. The van der Waals surface area contributed by atoms with Crippen LogP contribution in [0.1, 0.15) is 50.9 Å². The molecule has 0 saturated heterocycles. The number of benzene rings is 1. The van der Waals surface area contributed by atoms with Crippen molar-refractivity contribution in [1.82, 2.24) is 20.3 Å². The number of para-hydroxylation sites is 1. The molecular formula is C23H32N6OS. The molecule has 2 aromatic rings. The number of nitrogen functional groups attached to an aromatic ring is 1. The van der Waals surface area contributed by atoms with E-state index >= 15 is 0 Å². The molecule has 2 aliphatic rings. The van der Waals surface area contributed by atoms with Crippen molar-refractivity contribution in [2.75, 3.05) is 16.8 Å². The van der Waals surface area contributed by atoms with Crippen molar-refractivity contribution in [1.29, 1.82) is 0 Å². The second kappa shape index (κ2) is 9.85. The van der Waals surface area contributed by atoms with Crippen molar-refractivity contribution in [3.8, 4) is 0 Å². The number of carbonyl (C=O) groups is 1. The molecule has 31 heavy (non-hydrogen) atoms. The average Bonchev–Trinajstić information content (AvgIpc) is 3.37. The predicted octanol–water partition coefficient (Wildman–Crippen LogP) is 3.93. The lowest BCUT2D eigenvalue weighted by Gasteiger charge is -2.28. The third-order valence-corrected chi connectivity index (χ3v) is 7.56. The Morgan fingerprint density at radius 2 is 2.06 bits per heavy atom. The number of hydrogen-bond donors (Lipinski definition) is 3. The molecule has 4 N–H and O–H groups in total. The zero-order valence-electron chi connectivity index (χ0n) is 18.3. The number of anilines is 3. The molecule has 4 atom stereocenters. The summed E-state index contributed by atoms with van der Waals surface area (Å²) in [6, 6.07) is 8.30. The van der Waals surface area contributed by atoms with E-state index in [0.717, 1.165) is 23.9 Å².